The van der Waals surface area contributed by atoms with Crippen molar-refractivity contribution >= 4 is 53.1 Å². The molecule has 1 unspecified atom stereocenters. The number of anilines is 1. The van der Waals surface area contributed by atoms with Crippen molar-refractivity contribution in [3.63, 3.8) is 0 Å². The number of carbonyl (C=O) groups excluding carboxylic acids is 2. The second-order valence-corrected chi connectivity index (χ2v) is 6.88. The number of aromatic nitrogens is 1. The summed E-state index contributed by atoms with van der Waals surface area (Å²) in [7, 11) is 1.85. The van der Waals surface area contributed by atoms with Crippen molar-refractivity contribution in [1.29, 1.82) is 0 Å². The number of rotatable bonds is 6. The highest BCUT2D eigenvalue weighted by molar-refractivity contribution is 7.13. The number of nitrogens with zero attached hydrogens (tertiary/aromatic N) is 1. The molecular weight excluding hydrogens is 359 g/mol. The van der Waals surface area contributed by atoms with Crippen molar-refractivity contribution in [1.82, 2.24) is 15.6 Å². The van der Waals surface area contributed by atoms with Crippen molar-refractivity contribution < 1.29 is 9.59 Å². The minimum absolute atomic E-state index is 0. The molecule has 0 spiro atoms. The fourth-order valence-electron chi connectivity index (χ4n) is 1.33. The molecule has 1 aromatic heterocycles. The largest absolute Gasteiger partial charge is 0.354 e. The summed E-state index contributed by atoms with van der Waals surface area (Å²) in [5.74, 6) is -0.160. The molecule has 0 aliphatic rings. The third kappa shape index (κ3) is 9.10. The highest BCUT2D eigenvalue weighted by Gasteiger charge is 2.22. The molecule has 134 valence electrons. The van der Waals surface area contributed by atoms with Crippen molar-refractivity contribution in [2.24, 2.45) is 5.41 Å². The molecule has 9 heteroatoms. The van der Waals surface area contributed by atoms with E-state index in [-0.39, 0.29) is 49.1 Å². The van der Waals surface area contributed by atoms with Gasteiger partial charge in [-0.05, 0) is 14.0 Å². The van der Waals surface area contributed by atoms with E-state index in [1.165, 1.54) is 11.3 Å². The van der Waals surface area contributed by atoms with E-state index in [9.17, 15) is 9.59 Å². The molecule has 23 heavy (non-hydrogen) atoms. The van der Waals surface area contributed by atoms with Crippen LogP contribution < -0.4 is 16.0 Å². The minimum atomic E-state index is -0.466. The van der Waals surface area contributed by atoms with E-state index in [1.807, 2.05) is 34.7 Å². The number of halogens is 2. The van der Waals surface area contributed by atoms with E-state index in [0.29, 0.717) is 17.4 Å². The molecule has 0 radical (unpaired) electrons. The van der Waals surface area contributed by atoms with Gasteiger partial charge >= 0.3 is 0 Å². The van der Waals surface area contributed by atoms with Crippen LogP contribution in [0.15, 0.2) is 5.38 Å². The van der Waals surface area contributed by atoms with Gasteiger partial charge in [0.2, 0.25) is 11.8 Å². The van der Waals surface area contributed by atoms with Crippen LogP contribution in [-0.4, -0.2) is 36.4 Å². The Bertz CT molecular complexity index is 503. The summed E-state index contributed by atoms with van der Waals surface area (Å²) in [6, 6.07) is 0.228. The zero-order valence-corrected chi connectivity index (χ0v) is 16.5. The number of carbonyl (C=O) groups is 2. The van der Waals surface area contributed by atoms with Crippen LogP contribution in [-0.2, 0) is 16.0 Å². The lowest BCUT2D eigenvalue weighted by Gasteiger charge is -2.15. The van der Waals surface area contributed by atoms with Crippen LogP contribution in [0, 0.1) is 5.41 Å². The van der Waals surface area contributed by atoms with Crippen molar-refractivity contribution in [3.05, 3.63) is 11.1 Å². The summed E-state index contributed by atoms with van der Waals surface area (Å²) >= 11 is 1.33. The molecule has 0 aliphatic heterocycles. The lowest BCUT2D eigenvalue weighted by atomic mass is 9.96. The molecule has 3 N–H and O–H groups in total. The molecule has 0 aliphatic carbocycles. The van der Waals surface area contributed by atoms with Crippen LogP contribution in [0.1, 0.15) is 33.4 Å². The summed E-state index contributed by atoms with van der Waals surface area (Å²) in [6.07, 6.45) is 0.221. The average molecular weight is 385 g/mol. The van der Waals surface area contributed by atoms with Gasteiger partial charge in [0, 0.05) is 23.4 Å². The van der Waals surface area contributed by atoms with Crippen molar-refractivity contribution in [3.8, 4) is 0 Å². The predicted molar refractivity (Wildman–Crippen MR) is 99.9 cm³/mol. The molecule has 0 aromatic carbocycles. The summed E-state index contributed by atoms with van der Waals surface area (Å²) in [5.41, 5.74) is 0.200. The molecule has 2 amide bonds. The van der Waals surface area contributed by atoms with Crippen LogP contribution in [0.3, 0.4) is 0 Å². The Morgan fingerprint density at radius 3 is 2.43 bits per heavy atom. The standard InChI is InChI=1S/C14H24N4O2S.2ClH/c1-9(15-5)7-16-11(19)6-10-8-21-13(17-10)18-12(20)14(2,3)4;;/h8-9,15H,6-7H2,1-5H3,(H,16,19)(H,17,18,20);2*1H. The molecule has 1 aromatic rings. The molecule has 0 fully saturated rings. The zero-order valence-electron chi connectivity index (χ0n) is 14.1. The smallest absolute Gasteiger partial charge is 0.231 e. The normalized spacial score (nSPS) is 11.7. The SMILES string of the molecule is CNC(C)CNC(=O)Cc1csc(NC(=O)C(C)(C)C)n1.Cl.Cl. The fraction of sp³-hybridized carbons (Fsp3) is 0.643. The third-order valence-electron chi connectivity index (χ3n) is 2.89. The maximum Gasteiger partial charge on any atom is 0.231 e. The van der Waals surface area contributed by atoms with E-state index < -0.39 is 5.41 Å². The maximum atomic E-state index is 11.8. The Labute approximate surface area is 154 Å². The van der Waals surface area contributed by atoms with Crippen LogP contribution in [0.2, 0.25) is 0 Å². The van der Waals surface area contributed by atoms with Crippen LogP contribution >= 0.6 is 36.2 Å². The van der Waals surface area contributed by atoms with Gasteiger partial charge in [-0.15, -0.1) is 36.2 Å². The van der Waals surface area contributed by atoms with E-state index in [2.05, 4.69) is 20.9 Å². The molecule has 1 rings (SSSR count). The van der Waals surface area contributed by atoms with Gasteiger partial charge in [-0.2, -0.15) is 0 Å². The van der Waals surface area contributed by atoms with Crippen LogP contribution in [0.25, 0.3) is 0 Å². The van der Waals surface area contributed by atoms with E-state index in [0.717, 1.165) is 0 Å². The van der Waals surface area contributed by atoms with Gasteiger partial charge in [0.05, 0.1) is 12.1 Å². The first-order chi connectivity index (χ1) is 9.72. The lowest BCUT2D eigenvalue weighted by molar-refractivity contribution is -0.123. The quantitative estimate of drug-likeness (QED) is 0.701. The van der Waals surface area contributed by atoms with Crippen LogP contribution in [0.4, 0.5) is 5.13 Å². The Morgan fingerprint density at radius 1 is 1.30 bits per heavy atom. The van der Waals surface area contributed by atoms with E-state index in [1.54, 1.807) is 5.38 Å². The summed E-state index contributed by atoms with van der Waals surface area (Å²) in [6.45, 7) is 8.09. The van der Waals surface area contributed by atoms with Gasteiger partial charge in [-0.3, -0.25) is 9.59 Å². The summed E-state index contributed by atoms with van der Waals surface area (Å²) in [4.78, 5) is 27.9. The monoisotopic (exact) mass is 384 g/mol. The molecule has 0 saturated carbocycles. The van der Waals surface area contributed by atoms with Crippen molar-refractivity contribution in [2.75, 3.05) is 18.9 Å². The van der Waals surface area contributed by atoms with Gasteiger partial charge in [0.1, 0.15) is 0 Å². The number of hydrogen-bond donors (Lipinski definition) is 3. The number of thiazole rings is 1. The van der Waals surface area contributed by atoms with Gasteiger partial charge in [0.15, 0.2) is 5.13 Å². The van der Waals surface area contributed by atoms with Gasteiger partial charge in [0.25, 0.3) is 0 Å². The Morgan fingerprint density at radius 2 is 1.91 bits per heavy atom. The third-order valence-corrected chi connectivity index (χ3v) is 3.70. The van der Waals surface area contributed by atoms with Gasteiger partial charge in [-0.1, -0.05) is 20.8 Å². The second kappa shape index (κ2) is 10.8. The summed E-state index contributed by atoms with van der Waals surface area (Å²) in [5, 5.41) is 11.0. The fourth-order valence-corrected chi connectivity index (χ4v) is 2.03. The Balaban J connectivity index is 0. The summed E-state index contributed by atoms with van der Waals surface area (Å²) < 4.78 is 0. The van der Waals surface area contributed by atoms with Gasteiger partial charge < -0.3 is 16.0 Å². The molecule has 1 heterocycles. The first-order valence-electron chi connectivity index (χ1n) is 6.92. The molecule has 1 atom stereocenters. The lowest BCUT2D eigenvalue weighted by Crippen LogP contribution is -2.37. The topological polar surface area (TPSA) is 83.1 Å². The minimum Gasteiger partial charge on any atom is -0.354 e. The first-order valence-corrected chi connectivity index (χ1v) is 7.80. The maximum absolute atomic E-state index is 11.8. The van der Waals surface area contributed by atoms with Crippen LogP contribution in [0.5, 0.6) is 0 Å². The number of nitrogens with one attached hydrogen (secondary N) is 3. The molecular formula is C14H26Cl2N4O2S. The number of amides is 2. The number of likely N-dealkylation sites (N-methyl/N-ethyl adjacent to an activating group) is 1. The first kappa shape index (κ1) is 24.4. The average Bonchev–Trinajstić information content (AvgIpc) is 2.82. The van der Waals surface area contributed by atoms with E-state index >= 15 is 0 Å². The Kier molecular flexibility index (Phi) is 11.4. The number of hydrogen-bond acceptors (Lipinski definition) is 5. The highest BCUT2D eigenvalue weighted by atomic mass is 35.5. The second-order valence-electron chi connectivity index (χ2n) is 6.02. The van der Waals surface area contributed by atoms with Crippen molar-refractivity contribution in [2.45, 2.75) is 40.2 Å². The zero-order chi connectivity index (χ0) is 16.0. The predicted octanol–water partition coefficient (Wildman–Crippen LogP) is 2.24. The molecule has 0 saturated heterocycles. The van der Waals surface area contributed by atoms with Gasteiger partial charge in [-0.25, -0.2) is 4.98 Å². The molecule has 6 nitrogen and oxygen atoms in total. The highest BCUT2D eigenvalue weighted by Crippen LogP contribution is 2.20. The van der Waals surface area contributed by atoms with E-state index in [4.69, 9.17) is 0 Å². The molecule has 0 bridgehead atoms. The Hall–Kier alpha value is -0.890.